The molecule has 0 saturated heterocycles. The van der Waals surface area contributed by atoms with Gasteiger partial charge in [0.2, 0.25) is 0 Å². The summed E-state index contributed by atoms with van der Waals surface area (Å²) in [7, 11) is 0. The Labute approximate surface area is 444 Å². The lowest BCUT2D eigenvalue weighted by molar-refractivity contribution is 0.255. The van der Waals surface area contributed by atoms with Crippen LogP contribution in [0.3, 0.4) is 0 Å². The molecule has 8 aliphatic rings. The summed E-state index contributed by atoms with van der Waals surface area (Å²) < 4.78 is 0. The lowest BCUT2D eigenvalue weighted by atomic mass is 9.36. The van der Waals surface area contributed by atoms with Crippen molar-refractivity contribution in [1.29, 1.82) is 0 Å². The van der Waals surface area contributed by atoms with Gasteiger partial charge in [0.05, 0.1) is 5.69 Å². The fourth-order valence-electron chi connectivity index (χ4n) is 15.6. The van der Waals surface area contributed by atoms with E-state index in [1.54, 1.807) is 21.5 Å². The summed E-state index contributed by atoms with van der Waals surface area (Å²) in [4.78, 5) is 7.21. The minimum Gasteiger partial charge on any atom is -0.313 e. The molecule has 2 unspecified atom stereocenters. The second kappa shape index (κ2) is 14.8. The molecule has 73 heavy (non-hydrogen) atoms. The highest BCUT2D eigenvalue weighted by molar-refractivity contribution is 8.06. The molecule has 3 heterocycles. The predicted molar refractivity (Wildman–Crippen MR) is 316 cm³/mol. The number of nitrogens with zero attached hydrogens (tertiary/aromatic N) is 2. The number of hydrogen-bond donors (Lipinski definition) is 0. The average Bonchev–Trinajstić information content (AvgIpc) is 3.81. The van der Waals surface area contributed by atoms with Crippen LogP contribution in [0.4, 0.5) is 28.4 Å². The summed E-state index contributed by atoms with van der Waals surface area (Å²) >= 11 is 2.22. The number of rotatable bonds is 2. The smallest absolute Gasteiger partial charge is 0.259 e. The average molecular weight is 981 g/mol. The van der Waals surface area contributed by atoms with Crippen LogP contribution in [0.1, 0.15) is 195 Å². The lowest BCUT2D eigenvalue weighted by Crippen LogP contribution is -2.56. The molecule has 5 aliphatic carbocycles. The maximum absolute atomic E-state index is 2.87. The van der Waals surface area contributed by atoms with Gasteiger partial charge in [-0.05, 0) is 184 Å². The maximum atomic E-state index is 2.87. The third kappa shape index (κ3) is 6.62. The summed E-state index contributed by atoms with van der Waals surface area (Å²) in [5.74, 6) is 0.225. The van der Waals surface area contributed by atoms with Crippen molar-refractivity contribution in [3.63, 3.8) is 0 Å². The number of anilines is 5. The standard InChI is InChI=1S/C69H81BN2S/c1-62(2,3)40-33-55-59-56(34-40)72(53-24-20-23-46-58(53)42-21-18-19-22-44(42)69(46,16)17)60-43-36-48-51(68(14,15)32-29-65(48,8)9)39-57(43)73-61(60)70(59)52-37-49-50(67(12,13)31-30-66(49,10)11)38-54(52)71(55)41-25-26-45-47(35-41)64(6,7)28-27-63(45,4)5/h18-26,33-39,43,57H,27-32H2,1-17H3. The summed E-state index contributed by atoms with van der Waals surface area (Å²) in [5, 5.41) is 0.306. The molecule has 1 fully saturated rings. The summed E-state index contributed by atoms with van der Waals surface area (Å²) in [6.45, 7) is 42.4. The number of allylic oxidation sites excluding steroid dienone is 3. The molecular weight excluding hydrogens is 900 g/mol. The number of thioether (sulfide) groups is 1. The molecule has 376 valence electrons. The van der Waals surface area contributed by atoms with Gasteiger partial charge in [0.15, 0.2) is 0 Å². The third-order valence-electron chi connectivity index (χ3n) is 20.7. The van der Waals surface area contributed by atoms with Gasteiger partial charge in [-0.3, -0.25) is 0 Å². The van der Waals surface area contributed by atoms with Crippen LogP contribution in [0.25, 0.3) is 11.1 Å². The highest BCUT2D eigenvalue weighted by Crippen LogP contribution is 2.64. The molecule has 2 atom stereocenters. The first-order chi connectivity index (χ1) is 34.0. The van der Waals surface area contributed by atoms with E-state index in [1.807, 2.05) is 0 Å². The number of fused-ring (bicyclic) bond motifs is 11. The zero-order valence-electron chi connectivity index (χ0n) is 47.5. The Bertz CT molecular complexity index is 3370. The summed E-state index contributed by atoms with van der Waals surface area (Å²) in [6.07, 6.45) is 12.8. The van der Waals surface area contributed by atoms with Gasteiger partial charge in [-0.15, -0.1) is 11.8 Å². The Hall–Kier alpha value is -4.67. The van der Waals surface area contributed by atoms with Crippen molar-refractivity contribution in [2.24, 2.45) is 16.7 Å². The van der Waals surface area contributed by atoms with Gasteiger partial charge in [-0.1, -0.05) is 178 Å². The Balaban J connectivity index is 1.17. The Morgan fingerprint density at radius 3 is 1.68 bits per heavy atom. The summed E-state index contributed by atoms with van der Waals surface area (Å²) in [6, 6.07) is 35.1. The molecular formula is C69H81BN2S. The number of hydrogen-bond acceptors (Lipinski definition) is 3. The van der Waals surface area contributed by atoms with E-state index in [9.17, 15) is 0 Å². The van der Waals surface area contributed by atoms with Gasteiger partial charge >= 0.3 is 0 Å². The minimum atomic E-state index is -0.122. The zero-order chi connectivity index (χ0) is 51.7. The molecule has 13 rings (SSSR count). The molecule has 0 radical (unpaired) electrons. The van der Waals surface area contributed by atoms with E-state index in [-0.39, 0.29) is 56.0 Å². The zero-order valence-corrected chi connectivity index (χ0v) is 48.3. The predicted octanol–water partition coefficient (Wildman–Crippen LogP) is 17.7. The molecule has 0 aromatic heterocycles. The molecule has 5 aromatic rings. The fraction of sp³-hybridized carbons (Fsp3) is 0.478. The second-order valence-corrected chi connectivity index (χ2v) is 30.9. The van der Waals surface area contributed by atoms with Crippen LogP contribution in [0, 0.1) is 16.7 Å². The topological polar surface area (TPSA) is 6.48 Å². The lowest BCUT2D eigenvalue weighted by Gasteiger charge is -2.49. The van der Waals surface area contributed by atoms with Crippen LogP contribution in [-0.4, -0.2) is 12.0 Å². The molecule has 0 N–H and O–H groups in total. The largest absolute Gasteiger partial charge is 0.313 e. The van der Waals surface area contributed by atoms with Gasteiger partial charge in [0.25, 0.3) is 6.71 Å². The molecule has 0 amide bonds. The van der Waals surface area contributed by atoms with E-state index in [2.05, 4.69) is 236 Å². The van der Waals surface area contributed by atoms with Crippen LogP contribution in [-0.2, 0) is 32.5 Å². The van der Waals surface area contributed by atoms with Crippen molar-refractivity contribution in [2.75, 3.05) is 9.80 Å². The Morgan fingerprint density at radius 1 is 0.493 bits per heavy atom. The minimum absolute atomic E-state index is 0.0585. The molecule has 0 spiro atoms. The van der Waals surface area contributed by atoms with Crippen LogP contribution in [0.2, 0.25) is 0 Å². The van der Waals surface area contributed by atoms with Crippen LogP contribution in [0.15, 0.2) is 119 Å². The highest BCUT2D eigenvalue weighted by Gasteiger charge is 2.55. The van der Waals surface area contributed by atoms with Gasteiger partial charge in [-0.25, -0.2) is 0 Å². The first kappa shape index (κ1) is 48.0. The van der Waals surface area contributed by atoms with Crippen molar-refractivity contribution in [3.05, 3.63) is 158 Å². The monoisotopic (exact) mass is 981 g/mol. The molecule has 4 heteroatoms. The van der Waals surface area contributed by atoms with Crippen LogP contribution in [0.5, 0.6) is 0 Å². The van der Waals surface area contributed by atoms with Crippen molar-refractivity contribution in [3.8, 4) is 11.1 Å². The van der Waals surface area contributed by atoms with Gasteiger partial charge in [0, 0.05) is 50.6 Å². The van der Waals surface area contributed by atoms with E-state index in [1.165, 1.54) is 128 Å². The summed E-state index contributed by atoms with van der Waals surface area (Å²) in [5.41, 5.74) is 27.9. The Morgan fingerprint density at radius 2 is 1.04 bits per heavy atom. The SMILES string of the molecule is CC1(C)CCC(C)(C)C2=CC3C4=C(SC3C=C21)B1c2cc3c(cc2N(c2ccc5c(c2)C(C)(C)CCC5(C)C)c2cc(C(C)(C)C)cc(c21)N4c1cccc2c1-c1ccccc1C2(C)C)C(C)(C)CCC3(C)C. The van der Waals surface area contributed by atoms with E-state index >= 15 is 0 Å². The van der Waals surface area contributed by atoms with E-state index < -0.39 is 0 Å². The molecule has 3 aliphatic heterocycles. The Kier molecular flexibility index (Phi) is 9.75. The van der Waals surface area contributed by atoms with E-state index in [4.69, 9.17) is 0 Å². The van der Waals surface area contributed by atoms with Crippen molar-refractivity contribution in [1.82, 2.24) is 0 Å². The van der Waals surface area contributed by atoms with Gasteiger partial charge < -0.3 is 9.80 Å². The molecule has 1 saturated carbocycles. The van der Waals surface area contributed by atoms with Crippen LogP contribution < -0.4 is 20.7 Å². The van der Waals surface area contributed by atoms with Gasteiger partial charge in [0.1, 0.15) is 0 Å². The quantitative estimate of drug-likeness (QED) is 0.163. The normalized spacial score (nSPS) is 25.2. The maximum Gasteiger partial charge on any atom is 0.259 e. The molecule has 0 bridgehead atoms. The first-order valence-corrected chi connectivity index (χ1v) is 29.1. The van der Waals surface area contributed by atoms with Crippen molar-refractivity contribution in [2.45, 2.75) is 194 Å². The number of benzene rings is 5. The fourth-order valence-corrected chi connectivity index (χ4v) is 17.2. The molecule has 2 nitrogen and oxygen atoms in total. The van der Waals surface area contributed by atoms with E-state index in [0.717, 1.165) is 0 Å². The van der Waals surface area contributed by atoms with Crippen LogP contribution >= 0.6 is 11.8 Å². The van der Waals surface area contributed by atoms with Gasteiger partial charge in [-0.2, -0.15) is 0 Å². The highest BCUT2D eigenvalue weighted by atomic mass is 32.2. The van der Waals surface area contributed by atoms with E-state index in [0.29, 0.717) is 5.25 Å². The van der Waals surface area contributed by atoms with Crippen molar-refractivity contribution < 1.29 is 0 Å². The van der Waals surface area contributed by atoms with Crippen molar-refractivity contribution >= 4 is 57.8 Å². The third-order valence-corrected chi connectivity index (χ3v) is 22.1. The molecule has 5 aromatic carbocycles. The second-order valence-electron chi connectivity index (χ2n) is 29.7. The first-order valence-electron chi connectivity index (χ1n) is 28.3.